The highest BCUT2D eigenvalue weighted by Crippen LogP contribution is 2.47. The van der Waals surface area contributed by atoms with Gasteiger partial charge in [0.15, 0.2) is 22.5 Å². The number of fused-ring (bicyclic) bond motifs is 3. The molecule has 0 bridgehead atoms. The lowest BCUT2D eigenvalue weighted by atomic mass is 10.0. The van der Waals surface area contributed by atoms with Crippen molar-refractivity contribution in [1.82, 2.24) is 0 Å². The van der Waals surface area contributed by atoms with Gasteiger partial charge in [-0.2, -0.15) is 0 Å². The highest BCUT2D eigenvalue weighted by molar-refractivity contribution is 6.14. The molecule has 3 rings (SSSR count). The van der Waals surface area contributed by atoms with Crippen LogP contribution in [0.5, 0.6) is 23.0 Å². The predicted octanol–water partition coefficient (Wildman–Crippen LogP) is 3.93. The summed E-state index contributed by atoms with van der Waals surface area (Å²) < 4.78 is 28.1. The minimum absolute atomic E-state index is 0.176. The van der Waals surface area contributed by atoms with Crippen molar-refractivity contribution in [2.24, 2.45) is 0 Å². The second kappa shape index (κ2) is 7.15. The van der Waals surface area contributed by atoms with Crippen LogP contribution < -0.4 is 24.4 Å². The summed E-state index contributed by atoms with van der Waals surface area (Å²) in [5.74, 6) is 2.52. The Morgan fingerprint density at radius 1 is 0.885 bits per heavy atom. The first-order valence-corrected chi connectivity index (χ1v) is 8.35. The Bertz CT molecular complexity index is 1020. The summed E-state index contributed by atoms with van der Waals surface area (Å²) >= 11 is 0. The van der Waals surface area contributed by atoms with Gasteiger partial charge in [0.25, 0.3) is 0 Å². The fourth-order valence-corrected chi connectivity index (χ4v) is 3.22. The normalized spacial score (nSPS) is 11.0. The van der Waals surface area contributed by atoms with E-state index in [2.05, 4.69) is 0 Å². The van der Waals surface area contributed by atoms with Crippen molar-refractivity contribution in [3.63, 3.8) is 0 Å². The summed E-state index contributed by atoms with van der Waals surface area (Å²) in [5, 5.41) is 1.67. The van der Waals surface area contributed by atoms with Gasteiger partial charge in [-0.15, -0.1) is 0 Å². The number of hydrogen-bond donors (Lipinski definition) is 0. The van der Waals surface area contributed by atoms with Crippen LogP contribution in [0.2, 0.25) is 0 Å². The van der Waals surface area contributed by atoms with Gasteiger partial charge < -0.3 is 23.4 Å². The third-order valence-electron chi connectivity index (χ3n) is 4.34. The molecule has 6 nitrogen and oxygen atoms in total. The molecule has 138 valence electrons. The number of hydrogen-bond acceptors (Lipinski definition) is 6. The first-order valence-electron chi connectivity index (χ1n) is 8.35. The van der Waals surface area contributed by atoms with E-state index in [9.17, 15) is 4.79 Å². The highest BCUT2D eigenvalue weighted by Gasteiger charge is 2.24. The molecule has 0 unspecified atom stereocenters. The molecule has 26 heavy (non-hydrogen) atoms. The van der Waals surface area contributed by atoms with Gasteiger partial charge >= 0.3 is 0 Å². The van der Waals surface area contributed by atoms with Gasteiger partial charge in [0.2, 0.25) is 0 Å². The van der Waals surface area contributed by atoms with E-state index in [0.717, 1.165) is 6.42 Å². The van der Waals surface area contributed by atoms with E-state index in [-0.39, 0.29) is 5.43 Å². The molecule has 0 aliphatic carbocycles. The van der Waals surface area contributed by atoms with Crippen LogP contribution >= 0.6 is 0 Å². The van der Waals surface area contributed by atoms with Crippen LogP contribution in [0.3, 0.4) is 0 Å². The van der Waals surface area contributed by atoms with Crippen molar-refractivity contribution in [1.29, 1.82) is 0 Å². The molecule has 2 aromatic carbocycles. The van der Waals surface area contributed by atoms with Crippen molar-refractivity contribution in [3.05, 3.63) is 34.2 Å². The van der Waals surface area contributed by atoms with Gasteiger partial charge in [0.1, 0.15) is 22.6 Å². The molecule has 0 saturated heterocycles. The Kier molecular flexibility index (Phi) is 4.93. The van der Waals surface area contributed by atoms with Crippen molar-refractivity contribution in [2.45, 2.75) is 19.8 Å². The summed E-state index contributed by atoms with van der Waals surface area (Å²) in [7, 11) is 6.16. The molecular weight excluding hydrogens is 336 g/mol. The van der Waals surface area contributed by atoms with Crippen molar-refractivity contribution in [2.75, 3.05) is 28.4 Å². The summed E-state index contributed by atoms with van der Waals surface area (Å²) in [4.78, 5) is 12.8. The van der Waals surface area contributed by atoms with E-state index in [1.165, 1.54) is 20.3 Å². The zero-order valence-electron chi connectivity index (χ0n) is 15.6. The van der Waals surface area contributed by atoms with Crippen molar-refractivity contribution < 1.29 is 23.4 Å². The van der Waals surface area contributed by atoms with E-state index < -0.39 is 0 Å². The number of ether oxygens (including phenoxy) is 4. The van der Waals surface area contributed by atoms with Crippen LogP contribution in [0.1, 0.15) is 19.1 Å². The quantitative estimate of drug-likeness (QED) is 0.622. The van der Waals surface area contributed by atoms with Crippen LogP contribution in [0.15, 0.2) is 27.4 Å². The number of rotatable bonds is 6. The third-order valence-corrected chi connectivity index (χ3v) is 4.34. The smallest absolute Gasteiger partial charge is 0.196 e. The predicted molar refractivity (Wildman–Crippen MR) is 100 cm³/mol. The fourth-order valence-electron chi connectivity index (χ4n) is 3.22. The average molecular weight is 358 g/mol. The Balaban J connectivity index is 2.62. The standard InChI is InChI=1S/C20H22O6/c1-6-7-11-9-14(21)17-19(26-11)16-13(18(24-4)20(17)25-5)8-12(22-2)10-15(16)23-3/h8-10H,6-7H2,1-5H3. The van der Waals surface area contributed by atoms with Crippen LogP contribution in [-0.4, -0.2) is 28.4 Å². The number of benzene rings is 2. The molecule has 1 heterocycles. The Hall–Kier alpha value is -2.89. The summed E-state index contributed by atoms with van der Waals surface area (Å²) in [6.07, 6.45) is 1.53. The van der Waals surface area contributed by atoms with Crippen molar-refractivity contribution >= 4 is 21.7 Å². The monoisotopic (exact) mass is 358 g/mol. The third kappa shape index (κ3) is 2.71. The SMILES string of the molecule is CCCc1cc(=O)c2c(OC)c(OC)c3cc(OC)cc(OC)c3c2o1. The maximum atomic E-state index is 12.8. The molecule has 0 atom stereocenters. The second-order valence-corrected chi connectivity index (χ2v) is 5.85. The van der Waals surface area contributed by atoms with Gasteiger partial charge in [-0.1, -0.05) is 6.92 Å². The molecule has 0 amide bonds. The Labute approximate surface area is 151 Å². The molecule has 1 aromatic heterocycles. The van der Waals surface area contributed by atoms with Gasteiger partial charge in [0.05, 0.1) is 33.8 Å². The van der Waals surface area contributed by atoms with Crippen molar-refractivity contribution in [3.8, 4) is 23.0 Å². The van der Waals surface area contributed by atoms with Gasteiger partial charge in [0, 0.05) is 23.9 Å². The van der Waals surface area contributed by atoms with E-state index in [1.807, 2.05) is 13.0 Å². The van der Waals surface area contributed by atoms with E-state index in [0.29, 0.717) is 56.9 Å². The number of methoxy groups -OCH3 is 4. The van der Waals surface area contributed by atoms with Gasteiger partial charge in [-0.05, 0) is 12.5 Å². The lowest BCUT2D eigenvalue weighted by Gasteiger charge is -2.17. The maximum absolute atomic E-state index is 12.8. The van der Waals surface area contributed by atoms with Crippen LogP contribution in [-0.2, 0) is 6.42 Å². The zero-order valence-corrected chi connectivity index (χ0v) is 15.6. The number of aryl methyl sites for hydroxylation is 1. The second-order valence-electron chi connectivity index (χ2n) is 5.85. The lowest BCUT2D eigenvalue weighted by Crippen LogP contribution is -2.06. The first kappa shape index (κ1) is 17.9. The van der Waals surface area contributed by atoms with E-state index >= 15 is 0 Å². The average Bonchev–Trinajstić information content (AvgIpc) is 2.65. The van der Waals surface area contributed by atoms with Crippen LogP contribution in [0.4, 0.5) is 0 Å². The molecule has 0 aliphatic rings. The van der Waals surface area contributed by atoms with Gasteiger partial charge in [-0.3, -0.25) is 4.79 Å². The van der Waals surface area contributed by atoms with Gasteiger partial charge in [-0.25, -0.2) is 0 Å². The Morgan fingerprint density at radius 3 is 2.19 bits per heavy atom. The first-order chi connectivity index (χ1) is 12.6. The Morgan fingerprint density at radius 2 is 1.62 bits per heavy atom. The lowest BCUT2D eigenvalue weighted by molar-refractivity contribution is 0.360. The largest absolute Gasteiger partial charge is 0.497 e. The summed E-state index contributed by atoms with van der Waals surface area (Å²) in [6.45, 7) is 2.03. The highest BCUT2D eigenvalue weighted by atomic mass is 16.5. The molecular formula is C20H22O6. The molecule has 6 heteroatoms. The van der Waals surface area contributed by atoms with E-state index in [1.54, 1.807) is 20.3 Å². The minimum atomic E-state index is -0.176. The minimum Gasteiger partial charge on any atom is -0.497 e. The molecule has 0 N–H and O–H groups in total. The van der Waals surface area contributed by atoms with Crippen LogP contribution in [0, 0.1) is 0 Å². The molecule has 0 saturated carbocycles. The van der Waals surface area contributed by atoms with Crippen LogP contribution in [0.25, 0.3) is 21.7 Å². The molecule has 0 aliphatic heterocycles. The molecule has 0 spiro atoms. The van der Waals surface area contributed by atoms with E-state index in [4.69, 9.17) is 23.4 Å². The fraction of sp³-hybridized carbons (Fsp3) is 0.350. The topological polar surface area (TPSA) is 67.1 Å². The molecule has 0 fully saturated rings. The molecule has 3 aromatic rings. The summed E-state index contributed by atoms with van der Waals surface area (Å²) in [5.41, 5.74) is 0.248. The summed E-state index contributed by atoms with van der Waals surface area (Å²) in [6, 6.07) is 5.07. The maximum Gasteiger partial charge on any atom is 0.196 e. The zero-order chi connectivity index (χ0) is 18.8. The molecule has 0 radical (unpaired) electrons.